The molecule has 1 aromatic heterocycles. The first-order chi connectivity index (χ1) is 36.3. The molecule has 0 saturated carbocycles. The minimum atomic E-state index is -3.67. The molecule has 2 aliphatic heterocycles. The maximum absolute atomic E-state index is 14.7. The van der Waals surface area contributed by atoms with Crippen molar-refractivity contribution in [3.8, 4) is 5.75 Å². The van der Waals surface area contributed by atoms with E-state index < -0.39 is 45.5 Å². The Morgan fingerprint density at radius 2 is 1.35 bits per heavy atom. The standard InChI is InChI=1S/C57H76N6O9.CH4O3S/c1-38(2)27-49(51(65)33-46(31-43-17-13-10-14-18-43)56(69)59-50(28-39(3)4)54(67)57(7)37-71-57)58-55(68)45(20-19-42-15-11-9-12-16-42)32-48(64)36-63(23-25-70-26-24-63)35-44-29-40(5)53(41(6)30-44)72-52(66)22-21-47-34-62(8)61-60-47;1-5(2,3)4/h9-18,29-30,34,38-39,45-46,49-50H,19-28,31-33,35-37H2,1-8H3,(H-,58,59,68,69);1H3,(H,2,3,4)/p+1/t45-,46-,49+,50+,57-;/m1./s1. The van der Waals surface area contributed by atoms with Crippen molar-refractivity contribution in [2.24, 2.45) is 30.7 Å². The van der Waals surface area contributed by atoms with Crippen LogP contribution < -0.4 is 15.4 Å². The van der Waals surface area contributed by atoms with Crippen LogP contribution in [-0.2, 0) is 81.2 Å². The molecule has 3 aromatic carbocycles. The first-order valence-electron chi connectivity index (χ1n) is 26.7. The summed E-state index contributed by atoms with van der Waals surface area (Å²) in [6, 6.07) is 21.7. The van der Waals surface area contributed by atoms with Crippen LogP contribution in [0.1, 0.15) is 107 Å². The predicted octanol–water partition coefficient (Wildman–Crippen LogP) is 6.27. The second kappa shape index (κ2) is 28.6. The molecular formula is C58H81N6O12S+. The molecule has 0 bridgehead atoms. The highest BCUT2D eigenvalue weighted by Crippen LogP contribution is 2.31. The maximum atomic E-state index is 14.7. The van der Waals surface area contributed by atoms with Crippen molar-refractivity contribution < 1.29 is 60.4 Å². The molecule has 3 heterocycles. The third-order valence-electron chi connectivity index (χ3n) is 13.9. The van der Waals surface area contributed by atoms with Crippen LogP contribution in [0.25, 0.3) is 0 Å². The van der Waals surface area contributed by atoms with E-state index in [9.17, 15) is 37.2 Å². The highest BCUT2D eigenvalue weighted by molar-refractivity contribution is 7.85. The maximum Gasteiger partial charge on any atom is 0.311 e. The summed E-state index contributed by atoms with van der Waals surface area (Å²) in [6.07, 6.45) is 4.87. The van der Waals surface area contributed by atoms with Crippen LogP contribution in [0.4, 0.5) is 0 Å². The van der Waals surface area contributed by atoms with Gasteiger partial charge in [-0.3, -0.25) is 38.0 Å². The molecule has 0 aliphatic carbocycles. The van der Waals surface area contributed by atoms with Gasteiger partial charge >= 0.3 is 5.97 Å². The number of nitrogens with one attached hydrogen (secondary N) is 2. The molecule has 6 rings (SSSR count). The number of aromatic nitrogens is 3. The molecule has 2 amide bonds. The number of aryl methyl sites for hydroxylation is 5. The Balaban J connectivity index is 0.00000209. The lowest BCUT2D eigenvalue weighted by atomic mass is 9.87. The minimum Gasteiger partial charge on any atom is -0.426 e. The van der Waals surface area contributed by atoms with Gasteiger partial charge < -0.3 is 29.3 Å². The van der Waals surface area contributed by atoms with Crippen molar-refractivity contribution in [2.45, 2.75) is 130 Å². The molecule has 420 valence electrons. The lowest BCUT2D eigenvalue weighted by Gasteiger charge is -2.41. The molecule has 2 fully saturated rings. The Morgan fingerprint density at radius 3 is 1.90 bits per heavy atom. The smallest absolute Gasteiger partial charge is 0.311 e. The first kappa shape index (κ1) is 61.9. The van der Waals surface area contributed by atoms with Crippen molar-refractivity contribution in [1.82, 2.24) is 25.6 Å². The molecule has 0 radical (unpaired) electrons. The van der Waals surface area contributed by atoms with Crippen LogP contribution in [0.3, 0.4) is 0 Å². The van der Waals surface area contributed by atoms with E-state index in [1.54, 1.807) is 24.9 Å². The summed E-state index contributed by atoms with van der Waals surface area (Å²) >= 11 is 0. The summed E-state index contributed by atoms with van der Waals surface area (Å²) in [5.41, 5.74) is 4.31. The number of Topliss-reactive ketones (excluding diaryl/α,β-unsaturated/α-hetero) is 3. The van der Waals surface area contributed by atoms with Crippen LogP contribution >= 0.6 is 0 Å². The van der Waals surface area contributed by atoms with Gasteiger partial charge in [0.1, 0.15) is 37.5 Å². The molecule has 2 aliphatic rings. The van der Waals surface area contributed by atoms with Gasteiger partial charge in [0.25, 0.3) is 10.1 Å². The number of ether oxygens (including phenoxy) is 3. The Hall–Kier alpha value is -5.99. The fourth-order valence-corrected chi connectivity index (χ4v) is 9.90. The topological polar surface area (TPSA) is 243 Å². The number of esters is 1. The van der Waals surface area contributed by atoms with E-state index in [-0.39, 0.29) is 73.3 Å². The summed E-state index contributed by atoms with van der Waals surface area (Å²) in [5.74, 6) is -2.54. The zero-order chi connectivity index (χ0) is 56.5. The monoisotopic (exact) mass is 1090 g/mol. The number of carbonyl (C=O) groups excluding carboxylic acids is 6. The Bertz CT molecular complexity index is 2710. The van der Waals surface area contributed by atoms with Gasteiger partial charge in [0.05, 0.1) is 50.3 Å². The fraction of sp³-hybridized carbons (Fsp3) is 0.552. The van der Waals surface area contributed by atoms with E-state index in [0.717, 1.165) is 27.8 Å². The van der Waals surface area contributed by atoms with E-state index in [4.69, 9.17) is 18.8 Å². The number of carbonyl (C=O) groups is 6. The number of hydrogen-bond donors (Lipinski definition) is 3. The zero-order valence-electron chi connectivity index (χ0n) is 46.4. The fourth-order valence-electron chi connectivity index (χ4n) is 9.90. The van der Waals surface area contributed by atoms with Crippen LogP contribution in [0, 0.1) is 37.5 Å². The van der Waals surface area contributed by atoms with E-state index in [2.05, 4.69) is 20.9 Å². The summed E-state index contributed by atoms with van der Waals surface area (Å²) < 4.78 is 45.1. The van der Waals surface area contributed by atoms with Crippen molar-refractivity contribution in [2.75, 3.05) is 45.7 Å². The largest absolute Gasteiger partial charge is 0.426 e. The third-order valence-corrected chi connectivity index (χ3v) is 13.9. The number of quaternary nitrogens is 1. The molecule has 0 spiro atoms. The normalized spacial score (nSPS) is 17.5. The van der Waals surface area contributed by atoms with Crippen LogP contribution in [-0.4, -0.2) is 131 Å². The number of ketones is 3. The predicted molar refractivity (Wildman–Crippen MR) is 291 cm³/mol. The van der Waals surface area contributed by atoms with E-state index in [0.29, 0.717) is 93.7 Å². The molecule has 2 saturated heterocycles. The Morgan fingerprint density at radius 1 is 0.805 bits per heavy atom. The van der Waals surface area contributed by atoms with Crippen molar-refractivity contribution >= 4 is 45.3 Å². The Kier molecular flexibility index (Phi) is 23.0. The number of benzene rings is 3. The van der Waals surface area contributed by atoms with Crippen molar-refractivity contribution in [3.05, 3.63) is 113 Å². The van der Waals surface area contributed by atoms with Crippen molar-refractivity contribution in [1.29, 1.82) is 0 Å². The average Bonchev–Trinajstić information content (AvgIpc) is 3.97. The van der Waals surface area contributed by atoms with E-state index in [1.807, 2.05) is 114 Å². The second-order valence-corrected chi connectivity index (χ2v) is 23.6. The molecule has 19 heteroatoms. The summed E-state index contributed by atoms with van der Waals surface area (Å²) in [6.45, 7) is 16.7. The Labute approximate surface area is 454 Å². The van der Waals surface area contributed by atoms with E-state index in [1.165, 1.54) is 0 Å². The van der Waals surface area contributed by atoms with Gasteiger partial charge in [-0.1, -0.05) is 93.6 Å². The zero-order valence-corrected chi connectivity index (χ0v) is 47.2. The van der Waals surface area contributed by atoms with Crippen molar-refractivity contribution in [3.63, 3.8) is 0 Å². The van der Waals surface area contributed by atoms with Gasteiger partial charge in [-0.2, -0.15) is 8.42 Å². The van der Waals surface area contributed by atoms with Gasteiger partial charge in [-0.05, 0) is 99.1 Å². The lowest BCUT2D eigenvalue weighted by molar-refractivity contribution is -0.940. The second-order valence-electron chi connectivity index (χ2n) is 22.2. The van der Waals surface area contributed by atoms with Crippen LogP contribution in [0.5, 0.6) is 5.75 Å². The molecule has 77 heavy (non-hydrogen) atoms. The number of morpholine rings is 1. The van der Waals surface area contributed by atoms with E-state index >= 15 is 0 Å². The number of nitrogens with zero attached hydrogens (tertiary/aromatic N) is 4. The van der Waals surface area contributed by atoms with Gasteiger partial charge in [0.2, 0.25) is 11.8 Å². The molecule has 18 nitrogen and oxygen atoms in total. The molecule has 5 atom stereocenters. The number of epoxide rings is 1. The number of hydrogen-bond acceptors (Lipinski definition) is 13. The molecule has 0 unspecified atom stereocenters. The van der Waals surface area contributed by atoms with Crippen LogP contribution in [0.15, 0.2) is 79.0 Å². The average molecular weight is 1090 g/mol. The van der Waals surface area contributed by atoms with Gasteiger partial charge in [-0.15, -0.1) is 5.10 Å². The quantitative estimate of drug-likeness (QED) is 0.0187. The first-order valence-corrected chi connectivity index (χ1v) is 28.6. The summed E-state index contributed by atoms with van der Waals surface area (Å²) in [7, 11) is -1.89. The lowest BCUT2D eigenvalue weighted by Crippen LogP contribution is -2.57. The molecule has 3 N–H and O–H groups in total. The molecule has 4 aromatic rings. The third kappa shape index (κ3) is 21.1. The van der Waals surface area contributed by atoms with Gasteiger partial charge in [0, 0.05) is 49.9 Å². The number of amides is 2. The van der Waals surface area contributed by atoms with Crippen LogP contribution in [0.2, 0.25) is 0 Å². The summed E-state index contributed by atoms with van der Waals surface area (Å²) in [5, 5.41) is 14.1. The minimum absolute atomic E-state index is 0.0173. The number of rotatable bonds is 28. The molecular weight excluding hydrogens is 1000 g/mol. The van der Waals surface area contributed by atoms with Gasteiger partial charge in [-0.25, -0.2) is 0 Å². The van der Waals surface area contributed by atoms with Gasteiger partial charge in [0.15, 0.2) is 17.3 Å². The summed E-state index contributed by atoms with van der Waals surface area (Å²) in [4.78, 5) is 84.5. The highest BCUT2D eigenvalue weighted by Gasteiger charge is 2.50. The highest BCUT2D eigenvalue weighted by atomic mass is 32.2. The SMILES string of the molecule is CS(=O)(=O)O.Cc1cc(C[N+]2(CC(=O)C[C@@H](CCc3ccccc3)C(=O)N[C@@H](CC(C)C)C(=O)C[C@@H](Cc3ccccc3)C(=O)N[C@@H](CC(C)C)C(=O)[C@@]3(C)CO3)CCOCC2)cc(C)c1OC(=O)CCc1cn(C)nn1.